The minimum atomic E-state index is -1.19. The molecule has 0 bridgehead atoms. The van der Waals surface area contributed by atoms with Crippen LogP contribution in [0.1, 0.15) is 24.2 Å². The summed E-state index contributed by atoms with van der Waals surface area (Å²) in [5.74, 6) is 5.50. The van der Waals surface area contributed by atoms with Crippen LogP contribution in [0.25, 0.3) is 0 Å². The standard InChI is InChI=1S/C14H16O4/c1-14(2,16)8-7-11(15)10-5-6-12(17-3)13(9-10)18-4/h5-6,9,16H,1-4H3. The van der Waals surface area contributed by atoms with Crippen LogP contribution >= 0.6 is 0 Å². The summed E-state index contributed by atoms with van der Waals surface area (Å²) in [6, 6.07) is 4.79. The molecule has 1 N–H and O–H groups in total. The van der Waals surface area contributed by atoms with Gasteiger partial charge in [-0.1, -0.05) is 5.92 Å². The van der Waals surface area contributed by atoms with Gasteiger partial charge in [-0.25, -0.2) is 0 Å². The molecule has 1 rings (SSSR count). The third kappa shape index (κ3) is 3.79. The molecule has 0 atom stereocenters. The zero-order chi connectivity index (χ0) is 13.8. The predicted octanol–water partition coefficient (Wildman–Crippen LogP) is 1.66. The van der Waals surface area contributed by atoms with E-state index in [1.165, 1.54) is 28.1 Å². The molecule has 0 aliphatic carbocycles. The van der Waals surface area contributed by atoms with E-state index in [1.54, 1.807) is 18.2 Å². The summed E-state index contributed by atoms with van der Waals surface area (Å²) in [6.45, 7) is 3.03. The SMILES string of the molecule is COc1ccc(C(=O)C#CC(C)(C)O)cc1OC. The zero-order valence-electron chi connectivity index (χ0n) is 10.9. The second kappa shape index (κ2) is 5.56. The van der Waals surface area contributed by atoms with E-state index in [2.05, 4.69) is 11.8 Å². The van der Waals surface area contributed by atoms with Gasteiger partial charge in [-0.3, -0.25) is 4.79 Å². The Morgan fingerprint density at radius 3 is 2.33 bits per heavy atom. The van der Waals surface area contributed by atoms with E-state index in [-0.39, 0.29) is 5.78 Å². The maximum atomic E-state index is 11.8. The van der Waals surface area contributed by atoms with Gasteiger partial charge in [-0.2, -0.15) is 0 Å². The molecule has 1 aromatic rings. The minimum Gasteiger partial charge on any atom is -0.493 e. The largest absolute Gasteiger partial charge is 0.493 e. The van der Waals surface area contributed by atoms with E-state index in [9.17, 15) is 9.90 Å². The van der Waals surface area contributed by atoms with Crippen molar-refractivity contribution >= 4 is 5.78 Å². The fraction of sp³-hybridized carbons (Fsp3) is 0.357. The Balaban J connectivity index is 3.03. The average molecular weight is 248 g/mol. The maximum Gasteiger partial charge on any atom is 0.236 e. The van der Waals surface area contributed by atoms with Gasteiger partial charge in [0.2, 0.25) is 5.78 Å². The third-order valence-electron chi connectivity index (χ3n) is 2.13. The summed E-state index contributed by atoms with van der Waals surface area (Å²) in [5, 5.41) is 9.43. The van der Waals surface area contributed by atoms with Crippen LogP contribution in [-0.4, -0.2) is 30.7 Å². The smallest absolute Gasteiger partial charge is 0.236 e. The molecule has 18 heavy (non-hydrogen) atoms. The van der Waals surface area contributed by atoms with Gasteiger partial charge < -0.3 is 14.6 Å². The Morgan fingerprint density at radius 1 is 1.22 bits per heavy atom. The molecule has 0 fully saturated rings. The number of Topliss-reactive ketones (excluding diaryl/α,β-unsaturated/α-hetero) is 1. The van der Waals surface area contributed by atoms with E-state index in [0.29, 0.717) is 17.1 Å². The molecule has 0 aliphatic rings. The summed E-state index contributed by atoms with van der Waals surface area (Å²) in [6.07, 6.45) is 0. The molecule has 1 aromatic carbocycles. The van der Waals surface area contributed by atoms with Crippen LogP contribution in [0.15, 0.2) is 18.2 Å². The molecular weight excluding hydrogens is 232 g/mol. The molecule has 0 aliphatic heterocycles. The van der Waals surface area contributed by atoms with Crippen LogP contribution in [0.5, 0.6) is 11.5 Å². The molecule has 4 nitrogen and oxygen atoms in total. The fourth-order valence-electron chi connectivity index (χ4n) is 1.26. The van der Waals surface area contributed by atoms with Gasteiger partial charge in [0.05, 0.1) is 14.2 Å². The van der Waals surface area contributed by atoms with Crippen LogP contribution in [0.2, 0.25) is 0 Å². The molecule has 0 spiro atoms. The van der Waals surface area contributed by atoms with E-state index in [0.717, 1.165) is 0 Å². The Labute approximate surface area is 107 Å². The van der Waals surface area contributed by atoms with Crippen molar-refractivity contribution in [1.29, 1.82) is 0 Å². The molecule has 96 valence electrons. The molecule has 0 saturated carbocycles. The first-order valence-electron chi connectivity index (χ1n) is 5.39. The zero-order valence-corrected chi connectivity index (χ0v) is 10.9. The summed E-state index contributed by atoms with van der Waals surface area (Å²) >= 11 is 0. The first kappa shape index (κ1) is 14.1. The second-order valence-corrected chi connectivity index (χ2v) is 4.21. The van der Waals surface area contributed by atoms with Crippen LogP contribution in [-0.2, 0) is 0 Å². The van der Waals surface area contributed by atoms with Gasteiger partial charge in [-0.05, 0) is 38.0 Å². The highest BCUT2D eigenvalue weighted by Crippen LogP contribution is 2.27. The lowest BCUT2D eigenvalue weighted by Crippen LogP contribution is -2.15. The highest BCUT2D eigenvalue weighted by atomic mass is 16.5. The lowest BCUT2D eigenvalue weighted by Gasteiger charge is -2.08. The van der Waals surface area contributed by atoms with Crippen molar-refractivity contribution in [3.05, 3.63) is 23.8 Å². The van der Waals surface area contributed by atoms with Crippen molar-refractivity contribution in [2.75, 3.05) is 14.2 Å². The summed E-state index contributed by atoms with van der Waals surface area (Å²) in [7, 11) is 3.02. The highest BCUT2D eigenvalue weighted by molar-refractivity contribution is 6.09. The fourth-order valence-corrected chi connectivity index (χ4v) is 1.26. The second-order valence-electron chi connectivity index (χ2n) is 4.21. The van der Waals surface area contributed by atoms with Crippen molar-refractivity contribution in [3.8, 4) is 23.3 Å². The quantitative estimate of drug-likeness (QED) is 0.502. The van der Waals surface area contributed by atoms with Crippen LogP contribution in [0.3, 0.4) is 0 Å². The monoisotopic (exact) mass is 248 g/mol. The number of methoxy groups -OCH3 is 2. The first-order chi connectivity index (χ1) is 8.37. The topological polar surface area (TPSA) is 55.8 Å². The highest BCUT2D eigenvalue weighted by Gasteiger charge is 2.11. The molecule has 0 unspecified atom stereocenters. The average Bonchev–Trinajstić information content (AvgIpc) is 2.34. The molecule has 4 heteroatoms. The van der Waals surface area contributed by atoms with E-state index >= 15 is 0 Å². The molecular formula is C14H16O4. The number of ether oxygens (including phenoxy) is 2. The normalized spacial score (nSPS) is 10.3. The Hall–Kier alpha value is -1.99. The van der Waals surface area contributed by atoms with Crippen LogP contribution < -0.4 is 9.47 Å². The number of rotatable bonds is 3. The lowest BCUT2D eigenvalue weighted by atomic mass is 10.1. The van der Waals surface area contributed by atoms with Gasteiger partial charge in [0.1, 0.15) is 5.60 Å². The van der Waals surface area contributed by atoms with Crippen LogP contribution in [0, 0.1) is 11.8 Å². The number of hydrogen-bond acceptors (Lipinski definition) is 4. The molecule has 0 saturated heterocycles. The van der Waals surface area contributed by atoms with E-state index in [1.807, 2.05) is 0 Å². The van der Waals surface area contributed by atoms with Gasteiger partial charge >= 0.3 is 0 Å². The van der Waals surface area contributed by atoms with Crippen molar-refractivity contribution < 1.29 is 19.4 Å². The molecule has 0 heterocycles. The van der Waals surface area contributed by atoms with Crippen molar-refractivity contribution in [2.24, 2.45) is 0 Å². The van der Waals surface area contributed by atoms with Gasteiger partial charge in [-0.15, -0.1) is 0 Å². The minimum absolute atomic E-state index is 0.377. The van der Waals surface area contributed by atoms with Gasteiger partial charge in [0, 0.05) is 5.56 Å². The third-order valence-corrected chi connectivity index (χ3v) is 2.13. The first-order valence-corrected chi connectivity index (χ1v) is 5.39. The Morgan fingerprint density at radius 2 is 1.83 bits per heavy atom. The lowest BCUT2D eigenvalue weighted by molar-refractivity contribution is 0.105. The Kier molecular flexibility index (Phi) is 4.35. The number of benzene rings is 1. The number of ketones is 1. The Bertz CT molecular complexity index is 501. The van der Waals surface area contributed by atoms with Crippen molar-refractivity contribution in [1.82, 2.24) is 0 Å². The molecule has 0 amide bonds. The number of carbonyl (C=O) groups is 1. The maximum absolute atomic E-state index is 11.8. The number of aliphatic hydroxyl groups is 1. The van der Waals surface area contributed by atoms with E-state index in [4.69, 9.17) is 9.47 Å². The predicted molar refractivity (Wildman–Crippen MR) is 68.0 cm³/mol. The van der Waals surface area contributed by atoms with E-state index < -0.39 is 5.60 Å². The molecule has 0 radical (unpaired) electrons. The number of hydrogen-bond donors (Lipinski definition) is 1. The van der Waals surface area contributed by atoms with Gasteiger partial charge in [0.15, 0.2) is 11.5 Å². The van der Waals surface area contributed by atoms with Crippen molar-refractivity contribution in [2.45, 2.75) is 19.4 Å². The van der Waals surface area contributed by atoms with Gasteiger partial charge in [0.25, 0.3) is 0 Å². The number of carbonyl (C=O) groups excluding carboxylic acids is 1. The molecule has 0 aromatic heterocycles. The van der Waals surface area contributed by atoms with Crippen LogP contribution in [0.4, 0.5) is 0 Å². The summed E-state index contributed by atoms with van der Waals surface area (Å²) in [4.78, 5) is 11.8. The van der Waals surface area contributed by atoms with Crippen molar-refractivity contribution in [3.63, 3.8) is 0 Å². The summed E-state index contributed by atoms with van der Waals surface area (Å²) < 4.78 is 10.2. The summed E-state index contributed by atoms with van der Waals surface area (Å²) in [5.41, 5.74) is -0.795.